The number of para-hydroxylation sites is 1. The highest BCUT2D eigenvalue weighted by atomic mass is 19.4. The van der Waals surface area contributed by atoms with Crippen LogP contribution in [-0.2, 0) is 6.18 Å². The Morgan fingerprint density at radius 1 is 1.10 bits per heavy atom. The molecular weight excluding hydrogens is 279 g/mol. The molecule has 0 aromatic heterocycles. The summed E-state index contributed by atoms with van der Waals surface area (Å²) in [6.07, 6.45) is 0.768. The largest absolute Gasteiger partial charge is 0.492 e. The molecule has 5 heteroatoms. The number of rotatable bonds is 7. The molecule has 1 N–H and O–H groups in total. The molecule has 0 atom stereocenters. The first-order chi connectivity index (χ1) is 10.1. The Bertz CT molecular complexity index is 469. The lowest BCUT2D eigenvalue weighted by Crippen LogP contribution is -2.36. The van der Waals surface area contributed by atoms with E-state index in [-0.39, 0.29) is 12.4 Å². The Morgan fingerprint density at radius 3 is 2.29 bits per heavy atom. The average molecular weight is 299 g/mol. The summed E-state index contributed by atoms with van der Waals surface area (Å²) in [6, 6.07) is 5.92. The van der Waals surface area contributed by atoms with Gasteiger partial charge in [-0.05, 0) is 49.7 Å². The third-order valence-electron chi connectivity index (χ3n) is 4.19. The van der Waals surface area contributed by atoms with Gasteiger partial charge in [-0.3, -0.25) is 0 Å². The van der Waals surface area contributed by atoms with E-state index in [0.717, 1.165) is 17.9 Å². The molecule has 2 aliphatic rings. The van der Waals surface area contributed by atoms with E-state index >= 15 is 0 Å². The van der Waals surface area contributed by atoms with E-state index in [1.165, 1.54) is 37.8 Å². The fourth-order valence-corrected chi connectivity index (χ4v) is 2.84. The van der Waals surface area contributed by atoms with Crippen LogP contribution in [0.4, 0.5) is 13.2 Å². The van der Waals surface area contributed by atoms with Gasteiger partial charge in [-0.25, -0.2) is 0 Å². The smallest absolute Gasteiger partial charge is 0.419 e. The molecule has 0 radical (unpaired) electrons. The predicted molar refractivity (Wildman–Crippen MR) is 74.2 cm³/mol. The first-order valence-electron chi connectivity index (χ1n) is 7.58. The summed E-state index contributed by atoms with van der Waals surface area (Å²) in [7, 11) is 0. The maximum Gasteiger partial charge on any atom is 0.419 e. The van der Waals surface area contributed by atoms with Crippen LogP contribution in [0.5, 0.6) is 5.75 Å². The number of benzene rings is 1. The normalized spacial score (nSPS) is 19.0. The Morgan fingerprint density at radius 2 is 1.71 bits per heavy atom. The summed E-state index contributed by atoms with van der Waals surface area (Å²) >= 11 is 0. The molecule has 2 fully saturated rings. The highest BCUT2D eigenvalue weighted by Gasteiger charge is 2.41. The van der Waals surface area contributed by atoms with E-state index < -0.39 is 11.7 Å². The Hall–Kier alpha value is -1.23. The lowest BCUT2D eigenvalue weighted by molar-refractivity contribution is -0.138. The summed E-state index contributed by atoms with van der Waals surface area (Å²) in [6.45, 7) is 0.868. The third kappa shape index (κ3) is 3.90. The molecule has 0 saturated heterocycles. The van der Waals surface area contributed by atoms with E-state index in [2.05, 4.69) is 5.32 Å². The zero-order chi connectivity index (χ0) is 14.9. The summed E-state index contributed by atoms with van der Waals surface area (Å²) in [5, 5.41) is 3.47. The molecule has 0 bridgehead atoms. The van der Waals surface area contributed by atoms with Gasteiger partial charge >= 0.3 is 6.18 Å². The van der Waals surface area contributed by atoms with Crippen LogP contribution in [0.15, 0.2) is 24.3 Å². The predicted octanol–water partition coefficient (Wildman–Crippen LogP) is 3.86. The van der Waals surface area contributed by atoms with Gasteiger partial charge in [-0.15, -0.1) is 0 Å². The van der Waals surface area contributed by atoms with Gasteiger partial charge in [0.05, 0.1) is 5.56 Å². The SMILES string of the molecule is FC(F)(F)c1ccccc1OCCNC(C1CC1)C1CC1. The number of halogens is 3. The van der Waals surface area contributed by atoms with Crippen LogP contribution >= 0.6 is 0 Å². The minimum Gasteiger partial charge on any atom is -0.492 e. The quantitative estimate of drug-likeness (QED) is 0.772. The number of ether oxygens (including phenoxy) is 1. The van der Waals surface area contributed by atoms with Crippen molar-refractivity contribution in [3.8, 4) is 5.75 Å². The summed E-state index contributed by atoms with van der Waals surface area (Å²) in [4.78, 5) is 0. The van der Waals surface area contributed by atoms with Crippen molar-refractivity contribution in [3.63, 3.8) is 0 Å². The number of nitrogens with one attached hydrogen (secondary N) is 1. The minimum absolute atomic E-state index is 0.0822. The van der Waals surface area contributed by atoms with E-state index in [0.29, 0.717) is 12.6 Å². The minimum atomic E-state index is -4.37. The van der Waals surface area contributed by atoms with Gasteiger partial charge < -0.3 is 10.1 Å². The summed E-state index contributed by atoms with van der Waals surface area (Å²) < 4.78 is 43.8. The third-order valence-corrected chi connectivity index (χ3v) is 4.19. The molecule has 2 nitrogen and oxygen atoms in total. The maximum absolute atomic E-state index is 12.8. The second-order valence-corrected chi connectivity index (χ2v) is 6.00. The summed E-state index contributed by atoms with van der Waals surface area (Å²) in [5.41, 5.74) is -0.703. The van der Waals surface area contributed by atoms with Crippen molar-refractivity contribution in [2.24, 2.45) is 11.8 Å². The molecule has 3 rings (SSSR count). The maximum atomic E-state index is 12.8. The van der Waals surface area contributed by atoms with Crippen molar-refractivity contribution in [1.29, 1.82) is 0 Å². The zero-order valence-corrected chi connectivity index (χ0v) is 11.8. The highest BCUT2D eigenvalue weighted by molar-refractivity contribution is 5.35. The van der Waals surface area contributed by atoms with Crippen LogP contribution in [0.2, 0.25) is 0 Å². The lowest BCUT2D eigenvalue weighted by atomic mass is 10.1. The van der Waals surface area contributed by atoms with Gasteiger partial charge in [0.15, 0.2) is 0 Å². The fraction of sp³-hybridized carbons (Fsp3) is 0.625. The lowest BCUT2D eigenvalue weighted by Gasteiger charge is -2.18. The molecule has 0 heterocycles. The molecular formula is C16H20F3NO. The molecule has 116 valence electrons. The highest BCUT2D eigenvalue weighted by Crippen LogP contribution is 2.44. The van der Waals surface area contributed by atoms with E-state index in [1.54, 1.807) is 6.07 Å². The number of hydrogen-bond donors (Lipinski definition) is 1. The van der Waals surface area contributed by atoms with Crippen LogP contribution in [0.1, 0.15) is 31.2 Å². The Labute approximate surface area is 122 Å². The zero-order valence-electron chi connectivity index (χ0n) is 11.8. The second-order valence-electron chi connectivity index (χ2n) is 6.00. The van der Waals surface area contributed by atoms with Crippen LogP contribution in [-0.4, -0.2) is 19.2 Å². The molecule has 0 amide bonds. The molecule has 0 spiro atoms. The van der Waals surface area contributed by atoms with Crippen molar-refractivity contribution in [1.82, 2.24) is 5.32 Å². The molecule has 1 aromatic carbocycles. The van der Waals surface area contributed by atoms with Crippen molar-refractivity contribution in [2.75, 3.05) is 13.2 Å². The van der Waals surface area contributed by atoms with Crippen molar-refractivity contribution >= 4 is 0 Å². The topological polar surface area (TPSA) is 21.3 Å². The van der Waals surface area contributed by atoms with Crippen molar-refractivity contribution in [3.05, 3.63) is 29.8 Å². The van der Waals surface area contributed by atoms with Gasteiger partial charge in [-0.1, -0.05) is 12.1 Å². The van der Waals surface area contributed by atoms with E-state index in [1.807, 2.05) is 0 Å². The molecule has 1 aromatic rings. The van der Waals surface area contributed by atoms with Crippen LogP contribution in [0.3, 0.4) is 0 Å². The molecule has 2 saturated carbocycles. The van der Waals surface area contributed by atoms with Gasteiger partial charge in [0.25, 0.3) is 0 Å². The van der Waals surface area contributed by atoms with E-state index in [9.17, 15) is 13.2 Å². The van der Waals surface area contributed by atoms with E-state index in [4.69, 9.17) is 4.74 Å². The van der Waals surface area contributed by atoms with Crippen LogP contribution in [0, 0.1) is 11.8 Å². The van der Waals surface area contributed by atoms with Gasteiger partial charge in [0.2, 0.25) is 0 Å². The molecule has 0 aliphatic heterocycles. The summed E-state index contributed by atoms with van der Waals surface area (Å²) in [5.74, 6) is 1.47. The van der Waals surface area contributed by atoms with Gasteiger partial charge in [0, 0.05) is 12.6 Å². The van der Waals surface area contributed by atoms with Gasteiger partial charge in [0.1, 0.15) is 12.4 Å². The first-order valence-corrected chi connectivity index (χ1v) is 7.58. The van der Waals surface area contributed by atoms with Crippen molar-refractivity contribution in [2.45, 2.75) is 37.9 Å². The second kappa shape index (κ2) is 5.87. The monoisotopic (exact) mass is 299 g/mol. The van der Waals surface area contributed by atoms with Crippen LogP contribution in [0.25, 0.3) is 0 Å². The molecule has 2 aliphatic carbocycles. The first kappa shape index (κ1) is 14.7. The Balaban J connectivity index is 1.49. The molecule has 21 heavy (non-hydrogen) atoms. The van der Waals surface area contributed by atoms with Crippen LogP contribution < -0.4 is 10.1 Å². The fourth-order valence-electron chi connectivity index (χ4n) is 2.84. The number of hydrogen-bond acceptors (Lipinski definition) is 2. The average Bonchev–Trinajstić information content (AvgIpc) is 3.31. The number of alkyl halides is 3. The Kier molecular flexibility index (Phi) is 4.11. The molecule has 0 unspecified atom stereocenters. The standard InChI is InChI=1S/C16H20F3NO/c17-16(18,19)13-3-1-2-4-14(13)21-10-9-20-15(11-5-6-11)12-7-8-12/h1-4,11-12,15,20H,5-10H2. The van der Waals surface area contributed by atoms with Crippen molar-refractivity contribution < 1.29 is 17.9 Å². The van der Waals surface area contributed by atoms with Gasteiger partial charge in [-0.2, -0.15) is 13.2 Å².